The normalized spacial score (nSPS) is 31.4. The zero-order valence-electron chi connectivity index (χ0n) is 19.4. The minimum Gasteiger partial charge on any atom is -0.347 e. The van der Waals surface area contributed by atoms with Gasteiger partial charge in [-0.25, -0.2) is 8.42 Å². The molecular weight excluding hydrogens is 438 g/mol. The summed E-state index contributed by atoms with van der Waals surface area (Å²) in [4.78, 5) is 25.9. The molecule has 0 spiro atoms. The summed E-state index contributed by atoms with van der Waals surface area (Å²) < 4.78 is 27.8. The molecule has 1 saturated heterocycles. The SMILES string of the molecule is Cc1ccc(NC(=O)CNC(=O)C23CC4CC(CC(C4)C2)C3)cc1S(=O)(=O)N1CCCCC1. The van der Waals surface area contributed by atoms with Crippen molar-refractivity contribution in [2.45, 2.75) is 69.6 Å². The molecule has 0 unspecified atom stereocenters. The molecule has 5 fully saturated rings. The molecule has 7 nitrogen and oxygen atoms in total. The number of carbonyl (C=O) groups excluding carboxylic acids is 2. The number of anilines is 1. The number of nitrogens with zero attached hydrogens (tertiary/aromatic N) is 1. The van der Waals surface area contributed by atoms with E-state index in [9.17, 15) is 18.0 Å². The fraction of sp³-hybridized carbons (Fsp3) is 0.680. The van der Waals surface area contributed by atoms with Gasteiger partial charge in [0.1, 0.15) is 0 Å². The van der Waals surface area contributed by atoms with Crippen molar-refractivity contribution in [3.8, 4) is 0 Å². The highest BCUT2D eigenvalue weighted by Gasteiger charge is 2.54. The van der Waals surface area contributed by atoms with Gasteiger partial charge in [-0.05, 0) is 93.7 Å². The lowest BCUT2D eigenvalue weighted by Gasteiger charge is -2.55. The fourth-order valence-corrected chi connectivity index (χ4v) is 8.91. The topological polar surface area (TPSA) is 95.6 Å². The van der Waals surface area contributed by atoms with Gasteiger partial charge in [0.2, 0.25) is 21.8 Å². The van der Waals surface area contributed by atoms with Gasteiger partial charge in [-0.1, -0.05) is 12.5 Å². The monoisotopic (exact) mass is 473 g/mol. The summed E-state index contributed by atoms with van der Waals surface area (Å²) in [6.07, 6.45) is 9.48. The van der Waals surface area contributed by atoms with E-state index in [1.165, 1.54) is 29.6 Å². The molecule has 5 aliphatic rings. The maximum Gasteiger partial charge on any atom is 0.243 e. The lowest BCUT2D eigenvalue weighted by Crippen LogP contribution is -2.54. The number of carbonyl (C=O) groups is 2. The van der Waals surface area contributed by atoms with Crippen molar-refractivity contribution in [1.82, 2.24) is 9.62 Å². The Morgan fingerprint density at radius 3 is 2.21 bits per heavy atom. The van der Waals surface area contributed by atoms with Crippen LogP contribution in [0.4, 0.5) is 5.69 Å². The van der Waals surface area contributed by atoms with Crippen LogP contribution in [0.5, 0.6) is 0 Å². The van der Waals surface area contributed by atoms with Crippen LogP contribution in [0.3, 0.4) is 0 Å². The number of hydrogen-bond donors (Lipinski definition) is 2. The molecule has 2 N–H and O–H groups in total. The summed E-state index contributed by atoms with van der Waals surface area (Å²) >= 11 is 0. The standard InChI is InChI=1S/C25H35N3O4S/c1-17-5-6-21(12-22(17)33(31,32)28-7-3-2-4-8-28)27-23(29)16-26-24(30)25-13-18-9-19(14-25)11-20(10-18)15-25/h5-6,12,18-20H,2-4,7-11,13-16H2,1H3,(H,26,30)(H,27,29). The number of hydrogen-bond acceptors (Lipinski definition) is 4. The van der Waals surface area contributed by atoms with E-state index in [1.54, 1.807) is 19.1 Å². The van der Waals surface area contributed by atoms with Gasteiger partial charge in [-0.2, -0.15) is 4.31 Å². The molecule has 33 heavy (non-hydrogen) atoms. The van der Waals surface area contributed by atoms with Gasteiger partial charge in [-0.3, -0.25) is 9.59 Å². The number of piperidine rings is 1. The van der Waals surface area contributed by atoms with Crippen molar-refractivity contribution in [2.24, 2.45) is 23.2 Å². The van der Waals surface area contributed by atoms with Crippen LogP contribution in [0.15, 0.2) is 23.1 Å². The van der Waals surface area contributed by atoms with Crippen molar-refractivity contribution >= 4 is 27.5 Å². The minimum absolute atomic E-state index is 0.0222. The molecule has 0 aromatic heterocycles. The Morgan fingerprint density at radius 2 is 1.61 bits per heavy atom. The fourth-order valence-electron chi connectivity index (χ4n) is 7.14. The Morgan fingerprint density at radius 1 is 1.00 bits per heavy atom. The lowest BCUT2D eigenvalue weighted by atomic mass is 9.49. The molecule has 1 heterocycles. The van der Waals surface area contributed by atoms with E-state index in [4.69, 9.17) is 0 Å². The van der Waals surface area contributed by atoms with E-state index in [-0.39, 0.29) is 28.7 Å². The van der Waals surface area contributed by atoms with Gasteiger partial charge in [0.25, 0.3) is 0 Å². The smallest absolute Gasteiger partial charge is 0.243 e. The molecule has 4 aliphatic carbocycles. The summed E-state index contributed by atoms with van der Waals surface area (Å²) in [5.41, 5.74) is 0.813. The van der Waals surface area contributed by atoms with Crippen LogP contribution in [-0.4, -0.2) is 44.2 Å². The Hall–Kier alpha value is -1.93. The largest absolute Gasteiger partial charge is 0.347 e. The molecule has 180 valence electrons. The molecule has 8 heteroatoms. The Kier molecular flexibility index (Phi) is 6.02. The van der Waals surface area contributed by atoms with Crippen molar-refractivity contribution in [3.05, 3.63) is 23.8 Å². The average Bonchev–Trinajstić information content (AvgIpc) is 2.78. The highest BCUT2D eigenvalue weighted by Crippen LogP contribution is 2.60. The first-order valence-electron chi connectivity index (χ1n) is 12.4. The van der Waals surface area contributed by atoms with Crippen molar-refractivity contribution in [2.75, 3.05) is 25.0 Å². The van der Waals surface area contributed by atoms with Gasteiger partial charge in [0, 0.05) is 24.2 Å². The van der Waals surface area contributed by atoms with Gasteiger partial charge in [0.05, 0.1) is 11.4 Å². The molecule has 4 saturated carbocycles. The van der Waals surface area contributed by atoms with E-state index in [1.807, 2.05) is 0 Å². The average molecular weight is 474 g/mol. The molecule has 1 aromatic carbocycles. The highest BCUT2D eigenvalue weighted by atomic mass is 32.2. The summed E-state index contributed by atoms with van der Waals surface area (Å²) in [6, 6.07) is 4.97. The van der Waals surface area contributed by atoms with E-state index in [2.05, 4.69) is 10.6 Å². The molecule has 6 rings (SSSR count). The van der Waals surface area contributed by atoms with Crippen LogP contribution in [0, 0.1) is 30.1 Å². The molecule has 0 radical (unpaired) electrons. The minimum atomic E-state index is -3.59. The molecule has 2 amide bonds. The van der Waals surface area contributed by atoms with E-state index in [0.717, 1.165) is 38.5 Å². The second-order valence-electron chi connectivity index (χ2n) is 10.9. The third-order valence-corrected chi connectivity index (χ3v) is 10.4. The Bertz CT molecular complexity index is 1010. The molecular formula is C25H35N3O4S. The van der Waals surface area contributed by atoms with Crippen molar-refractivity contribution in [3.63, 3.8) is 0 Å². The second-order valence-corrected chi connectivity index (χ2v) is 12.8. The first-order valence-corrected chi connectivity index (χ1v) is 13.9. The second kappa shape index (κ2) is 8.69. The highest BCUT2D eigenvalue weighted by molar-refractivity contribution is 7.89. The first kappa shape index (κ1) is 22.8. The van der Waals surface area contributed by atoms with Gasteiger partial charge in [0.15, 0.2) is 0 Å². The van der Waals surface area contributed by atoms with Crippen molar-refractivity contribution in [1.29, 1.82) is 0 Å². The number of aryl methyl sites for hydroxylation is 1. The summed E-state index contributed by atoms with van der Waals surface area (Å²) in [7, 11) is -3.59. The van der Waals surface area contributed by atoms with E-state index < -0.39 is 10.0 Å². The van der Waals surface area contributed by atoms with Crippen LogP contribution < -0.4 is 10.6 Å². The van der Waals surface area contributed by atoms with Gasteiger partial charge >= 0.3 is 0 Å². The number of rotatable bonds is 6. The molecule has 0 atom stereocenters. The summed E-state index contributed by atoms with van der Waals surface area (Å²) in [5.74, 6) is 1.70. The van der Waals surface area contributed by atoms with E-state index >= 15 is 0 Å². The van der Waals surface area contributed by atoms with E-state index in [0.29, 0.717) is 42.1 Å². The van der Waals surface area contributed by atoms with Crippen LogP contribution in [0.2, 0.25) is 0 Å². The zero-order valence-corrected chi connectivity index (χ0v) is 20.3. The van der Waals surface area contributed by atoms with Crippen LogP contribution >= 0.6 is 0 Å². The first-order chi connectivity index (χ1) is 15.7. The van der Waals surface area contributed by atoms with Crippen LogP contribution in [0.1, 0.15) is 63.4 Å². The molecule has 4 bridgehead atoms. The van der Waals surface area contributed by atoms with Gasteiger partial charge in [-0.15, -0.1) is 0 Å². The third kappa shape index (κ3) is 4.44. The maximum atomic E-state index is 13.1. The summed E-state index contributed by atoms with van der Waals surface area (Å²) in [5, 5.41) is 5.67. The predicted octanol–water partition coefficient (Wildman–Crippen LogP) is 3.44. The Labute approximate surface area is 196 Å². The predicted molar refractivity (Wildman–Crippen MR) is 126 cm³/mol. The quantitative estimate of drug-likeness (QED) is 0.662. The molecule has 1 aliphatic heterocycles. The Balaban J connectivity index is 1.22. The van der Waals surface area contributed by atoms with Crippen molar-refractivity contribution < 1.29 is 18.0 Å². The lowest BCUT2D eigenvalue weighted by molar-refractivity contribution is -0.146. The number of amides is 2. The van der Waals surface area contributed by atoms with Crippen LogP contribution in [-0.2, 0) is 19.6 Å². The third-order valence-electron chi connectivity index (χ3n) is 8.33. The zero-order chi connectivity index (χ0) is 23.2. The number of benzene rings is 1. The number of nitrogens with one attached hydrogen (secondary N) is 2. The van der Waals surface area contributed by atoms with Crippen LogP contribution in [0.25, 0.3) is 0 Å². The number of sulfonamides is 1. The molecule has 1 aromatic rings. The maximum absolute atomic E-state index is 13.1. The summed E-state index contributed by atoms with van der Waals surface area (Å²) in [6.45, 7) is 2.75. The van der Waals surface area contributed by atoms with Gasteiger partial charge < -0.3 is 10.6 Å².